The van der Waals surface area contributed by atoms with Crippen molar-refractivity contribution in [3.05, 3.63) is 46.2 Å². The highest BCUT2D eigenvalue weighted by Crippen LogP contribution is 2.27. The van der Waals surface area contributed by atoms with Gasteiger partial charge in [0.05, 0.1) is 7.11 Å². The van der Waals surface area contributed by atoms with Crippen LogP contribution in [0, 0.1) is 5.92 Å². The first kappa shape index (κ1) is 15.9. The molecule has 4 heteroatoms. The normalized spacial score (nSPS) is 10.9. The van der Waals surface area contributed by atoms with E-state index < -0.39 is 0 Å². The van der Waals surface area contributed by atoms with Crippen molar-refractivity contribution in [2.45, 2.75) is 27.0 Å². The van der Waals surface area contributed by atoms with E-state index in [0.29, 0.717) is 12.5 Å². The van der Waals surface area contributed by atoms with Gasteiger partial charge in [-0.3, -0.25) is 0 Å². The van der Waals surface area contributed by atoms with Crippen LogP contribution in [0.15, 0.2) is 36.4 Å². The molecule has 0 bridgehead atoms. The Morgan fingerprint density at radius 1 is 1.05 bits per heavy atom. The van der Waals surface area contributed by atoms with Crippen LogP contribution in [-0.4, -0.2) is 13.7 Å². The van der Waals surface area contributed by atoms with E-state index in [9.17, 15) is 0 Å². The van der Waals surface area contributed by atoms with Crippen LogP contribution >= 0.6 is 11.3 Å². The maximum atomic E-state index is 5.84. The third-order valence-corrected chi connectivity index (χ3v) is 4.07. The number of benzene rings is 1. The highest BCUT2D eigenvalue weighted by molar-refractivity contribution is 7.11. The van der Waals surface area contributed by atoms with Gasteiger partial charge in [-0.05, 0) is 36.7 Å². The Morgan fingerprint density at radius 3 is 2.48 bits per heavy atom. The summed E-state index contributed by atoms with van der Waals surface area (Å²) in [6.45, 7) is 6.99. The van der Waals surface area contributed by atoms with Crippen molar-refractivity contribution < 1.29 is 9.47 Å². The first-order valence-corrected chi connectivity index (χ1v) is 8.05. The predicted molar refractivity (Wildman–Crippen MR) is 88.2 cm³/mol. The van der Waals surface area contributed by atoms with Crippen LogP contribution in [0.4, 0.5) is 0 Å². The second-order valence-corrected chi connectivity index (χ2v) is 6.59. The Morgan fingerprint density at radius 2 is 1.76 bits per heavy atom. The largest absolute Gasteiger partial charge is 0.493 e. The molecule has 1 aromatic carbocycles. The van der Waals surface area contributed by atoms with Crippen LogP contribution in [0.3, 0.4) is 0 Å². The van der Waals surface area contributed by atoms with E-state index in [-0.39, 0.29) is 0 Å². The molecule has 21 heavy (non-hydrogen) atoms. The lowest BCUT2D eigenvalue weighted by Crippen LogP contribution is -2.18. The maximum absolute atomic E-state index is 5.84. The van der Waals surface area contributed by atoms with E-state index in [1.807, 2.05) is 24.3 Å². The van der Waals surface area contributed by atoms with E-state index in [1.54, 1.807) is 18.4 Å². The van der Waals surface area contributed by atoms with Crippen LogP contribution in [0.2, 0.25) is 0 Å². The molecule has 3 nitrogen and oxygen atoms in total. The van der Waals surface area contributed by atoms with E-state index >= 15 is 0 Å². The van der Waals surface area contributed by atoms with Gasteiger partial charge < -0.3 is 14.8 Å². The fraction of sp³-hybridized carbons (Fsp3) is 0.412. The van der Waals surface area contributed by atoms with Gasteiger partial charge in [0, 0.05) is 16.3 Å². The SMILES string of the molecule is COc1ccccc1OCc1ccc(CNCC(C)C)s1. The van der Waals surface area contributed by atoms with Gasteiger partial charge in [0.15, 0.2) is 11.5 Å². The Bertz CT molecular complexity index is 551. The van der Waals surface area contributed by atoms with Gasteiger partial charge in [0.2, 0.25) is 0 Å². The Labute approximate surface area is 130 Å². The molecule has 0 saturated carbocycles. The van der Waals surface area contributed by atoms with Crippen molar-refractivity contribution in [1.82, 2.24) is 5.32 Å². The van der Waals surface area contributed by atoms with Crippen molar-refractivity contribution in [3.63, 3.8) is 0 Å². The van der Waals surface area contributed by atoms with Crippen molar-refractivity contribution in [2.24, 2.45) is 5.92 Å². The first-order valence-electron chi connectivity index (χ1n) is 7.23. The molecule has 0 aliphatic rings. The molecule has 0 spiro atoms. The van der Waals surface area contributed by atoms with Crippen molar-refractivity contribution >= 4 is 11.3 Å². The fourth-order valence-electron chi connectivity index (χ4n) is 1.97. The average molecular weight is 305 g/mol. The summed E-state index contributed by atoms with van der Waals surface area (Å²) in [6, 6.07) is 12.0. The molecule has 0 fully saturated rings. The average Bonchev–Trinajstić information content (AvgIpc) is 2.93. The molecule has 1 heterocycles. The van der Waals surface area contributed by atoms with Crippen LogP contribution in [0.25, 0.3) is 0 Å². The van der Waals surface area contributed by atoms with Gasteiger partial charge in [-0.15, -0.1) is 11.3 Å². The number of rotatable bonds is 8. The van der Waals surface area contributed by atoms with Gasteiger partial charge in [0.25, 0.3) is 0 Å². The van der Waals surface area contributed by atoms with E-state index in [0.717, 1.165) is 24.6 Å². The predicted octanol–water partition coefficient (Wildman–Crippen LogP) is 4.08. The van der Waals surface area contributed by atoms with Gasteiger partial charge in [-0.1, -0.05) is 26.0 Å². The molecular weight excluding hydrogens is 282 g/mol. The molecule has 0 saturated heterocycles. The summed E-state index contributed by atoms with van der Waals surface area (Å²) in [5, 5.41) is 3.46. The third-order valence-electron chi connectivity index (χ3n) is 3.01. The number of para-hydroxylation sites is 2. The number of hydrogen-bond acceptors (Lipinski definition) is 4. The molecule has 1 aromatic heterocycles. The van der Waals surface area contributed by atoms with Crippen molar-refractivity contribution in [3.8, 4) is 11.5 Å². The highest BCUT2D eigenvalue weighted by Gasteiger charge is 2.05. The lowest BCUT2D eigenvalue weighted by molar-refractivity contribution is 0.287. The quantitative estimate of drug-likeness (QED) is 0.797. The zero-order valence-electron chi connectivity index (χ0n) is 12.9. The number of ether oxygens (including phenoxy) is 2. The first-order chi connectivity index (χ1) is 10.2. The van der Waals surface area contributed by atoms with E-state index in [1.165, 1.54) is 9.75 Å². The summed E-state index contributed by atoms with van der Waals surface area (Å²) in [5.41, 5.74) is 0. The smallest absolute Gasteiger partial charge is 0.161 e. The summed E-state index contributed by atoms with van der Waals surface area (Å²) in [4.78, 5) is 2.57. The minimum atomic E-state index is 0.579. The van der Waals surface area contributed by atoms with Gasteiger partial charge >= 0.3 is 0 Å². The van der Waals surface area contributed by atoms with Gasteiger partial charge in [-0.2, -0.15) is 0 Å². The second-order valence-electron chi connectivity index (χ2n) is 5.33. The Kier molecular flexibility index (Phi) is 6.08. The highest BCUT2D eigenvalue weighted by atomic mass is 32.1. The number of nitrogens with one attached hydrogen (secondary N) is 1. The minimum absolute atomic E-state index is 0.579. The standard InChI is InChI=1S/C17H23NO2S/c1-13(2)10-18-11-14-8-9-15(21-14)12-20-17-7-5-4-6-16(17)19-3/h4-9,13,18H,10-12H2,1-3H3. The van der Waals surface area contributed by atoms with Gasteiger partial charge in [-0.25, -0.2) is 0 Å². The van der Waals surface area contributed by atoms with E-state index in [2.05, 4.69) is 31.3 Å². The molecule has 0 amide bonds. The zero-order valence-corrected chi connectivity index (χ0v) is 13.7. The fourth-order valence-corrected chi connectivity index (χ4v) is 2.87. The van der Waals surface area contributed by atoms with Crippen molar-refractivity contribution in [1.29, 1.82) is 0 Å². The molecule has 2 aromatic rings. The maximum Gasteiger partial charge on any atom is 0.161 e. The number of thiophene rings is 1. The topological polar surface area (TPSA) is 30.5 Å². The summed E-state index contributed by atoms with van der Waals surface area (Å²) in [7, 11) is 1.66. The van der Waals surface area contributed by atoms with Crippen LogP contribution < -0.4 is 14.8 Å². The lowest BCUT2D eigenvalue weighted by Gasteiger charge is -2.09. The molecule has 2 rings (SSSR count). The molecule has 114 valence electrons. The summed E-state index contributed by atoms with van der Waals surface area (Å²) in [6.07, 6.45) is 0. The minimum Gasteiger partial charge on any atom is -0.493 e. The molecule has 0 aliphatic carbocycles. The summed E-state index contributed by atoms with van der Waals surface area (Å²) >= 11 is 1.79. The van der Waals surface area contributed by atoms with Crippen molar-refractivity contribution in [2.75, 3.05) is 13.7 Å². The van der Waals surface area contributed by atoms with Crippen LogP contribution in [0.1, 0.15) is 23.6 Å². The molecule has 0 atom stereocenters. The van der Waals surface area contributed by atoms with Crippen LogP contribution in [0.5, 0.6) is 11.5 Å². The number of methoxy groups -OCH3 is 1. The monoisotopic (exact) mass is 305 g/mol. The summed E-state index contributed by atoms with van der Waals surface area (Å²) in [5.74, 6) is 2.24. The van der Waals surface area contributed by atoms with E-state index in [4.69, 9.17) is 9.47 Å². The van der Waals surface area contributed by atoms with Gasteiger partial charge in [0.1, 0.15) is 6.61 Å². The molecule has 0 unspecified atom stereocenters. The lowest BCUT2D eigenvalue weighted by atomic mass is 10.2. The molecule has 0 aliphatic heterocycles. The third kappa shape index (κ3) is 5.06. The molecule has 1 N–H and O–H groups in total. The van der Waals surface area contributed by atoms with Crippen LogP contribution in [-0.2, 0) is 13.2 Å². The zero-order chi connectivity index (χ0) is 15.1. The second kappa shape index (κ2) is 8.05. The Hall–Kier alpha value is -1.52. The molecular formula is C17H23NO2S. The summed E-state index contributed by atoms with van der Waals surface area (Å²) < 4.78 is 11.1. The molecule has 0 radical (unpaired) electrons. The Balaban J connectivity index is 1.85. The number of hydrogen-bond donors (Lipinski definition) is 1.